The molecule has 0 aromatic rings. The summed E-state index contributed by atoms with van der Waals surface area (Å²) in [7, 11) is 0. The summed E-state index contributed by atoms with van der Waals surface area (Å²) in [4.78, 5) is 2.79. The van der Waals surface area contributed by atoms with Crippen LogP contribution in [0.2, 0.25) is 0 Å². The van der Waals surface area contributed by atoms with Crippen LogP contribution in [-0.2, 0) is 4.74 Å². The number of ether oxygens (including phenoxy) is 1. The van der Waals surface area contributed by atoms with E-state index < -0.39 is 0 Å². The highest BCUT2D eigenvalue weighted by Crippen LogP contribution is 2.35. The monoisotopic (exact) mass is 296 g/mol. The molecular formula is C18H36N2O. The van der Waals surface area contributed by atoms with E-state index in [2.05, 4.69) is 44.8 Å². The van der Waals surface area contributed by atoms with Gasteiger partial charge in [-0.1, -0.05) is 34.1 Å². The minimum Gasteiger partial charge on any atom is -0.375 e. The maximum absolute atomic E-state index is 6.17. The van der Waals surface area contributed by atoms with Gasteiger partial charge in [0.15, 0.2) is 0 Å². The lowest BCUT2D eigenvalue weighted by molar-refractivity contribution is -0.118. The summed E-state index contributed by atoms with van der Waals surface area (Å²) >= 11 is 0. The minimum atomic E-state index is 0.138. The number of hydrogen-bond acceptors (Lipinski definition) is 3. The molecule has 4 unspecified atom stereocenters. The lowest BCUT2D eigenvalue weighted by Crippen LogP contribution is -2.62. The Hall–Kier alpha value is -0.120. The van der Waals surface area contributed by atoms with Crippen molar-refractivity contribution in [3.63, 3.8) is 0 Å². The van der Waals surface area contributed by atoms with E-state index in [0.29, 0.717) is 18.1 Å². The molecule has 3 heteroatoms. The summed E-state index contributed by atoms with van der Waals surface area (Å²) < 4.78 is 6.17. The molecule has 0 aromatic heterocycles. The van der Waals surface area contributed by atoms with Gasteiger partial charge in [-0.25, -0.2) is 0 Å². The van der Waals surface area contributed by atoms with Gasteiger partial charge in [-0.05, 0) is 38.5 Å². The summed E-state index contributed by atoms with van der Waals surface area (Å²) in [6, 6.07) is 2.02. The fourth-order valence-electron chi connectivity index (χ4n) is 4.11. The maximum atomic E-state index is 6.17. The summed E-state index contributed by atoms with van der Waals surface area (Å²) in [6.45, 7) is 14.9. The molecule has 2 fully saturated rings. The second-order valence-electron chi connectivity index (χ2n) is 7.33. The van der Waals surface area contributed by atoms with Crippen LogP contribution in [0.15, 0.2) is 0 Å². The van der Waals surface area contributed by atoms with E-state index in [1.807, 2.05) is 0 Å². The predicted octanol–water partition coefficient (Wildman–Crippen LogP) is 3.43. The molecular weight excluding hydrogens is 260 g/mol. The van der Waals surface area contributed by atoms with E-state index in [9.17, 15) is 0 Å². The molecule has 0 aliphatic carbocycles. The van der Waals surface area contributed by atoms with Crippen molar-refractivity contribution in [1.29, 1.82) is 0 Å². The fourth-order valence-corrected chi connectivity index (χ4v) is 4.11. The van der Waals surface area contributed by atoms with Gasteiger partial charge in [0.1, 0.15) is 0 Å². The number of nitrogens with zero attached hydrogens (tertiary/aromatic N) is 1. The smallest absolute Gasteiger partial charge is 0.0692 e. The van der Waals surface area contributed by atoms with Crippen LogP contribution in [0, 0.1) is 5.92 Å². The second kappa shape index (κ2) is 7.43. The van der Waals surface area contributed by atoms with Crippen molar-refractivity contribution < 1.29 is 4.74 Å². The third-order valence-corrected chi connectivity index (χ3v) is 6.20. The third kappa shape index (κ3) is 3.80. The van der Waals surface area contributed by atoms with Crippen molar-refractivity contribution in [2.24, 2.45) is 5.92 Å². The molecule has 2 heterocycles. The van der Waals surface area contributed by atoms with Crippen molar-refractivity contribution >= 4 is 0 Å². The van der Waals surface area contributed by atoms with E-state index in [4.69, 9.17) is 4.74 Å². The van der Waals surface area contributed by atoms with Crippen LogP contribution >= 0.6 is 0 Å². The molecule has 0 aromatic carbocycles. The molecule has 0 bridgehead atoms. The molecule has 0 amide bonds. The Kier molecular flexibility index (Phi) is 6.10. The summed E-state index contributed by atoms with van der Waals surface area (Å²) in [5.41, 5.74) is 0.138. The van der Waals surface area contributed by atoms with Gasteiger partial charge in [0.25, 0.3) is 0 Å². The van der Waals surface area contributed by atoms with E-state index in [-0.39, 0.29) is 5.60 Å². The van der Waals surface area contributed by atoms with Gasteiger partial charge in [0.2, 0.25) is 0 Å². The zero-order valence-electron chi connectivity index (χ0n) is 14.8. The molecule has 0 radical (unpaired) electrons. The van der Waals surface area contributed by atoms with Crippen LogP contribution in [0.25, 0.3) is 0 Å². The first kappa shape index (κ1) is 17.2. The average molecular weight is 296 g/mol. The molecule has 2 aliphatic rings. The van der Waals surface area contributed by atoms with Crippen LogP contribution < -0.4 is 5.32 Å². The molecule has 2 rings (SSSR count). The Morgan fingerprint density at radius 2 is 2.00 bits per heavy atom. The van der Waals surface area contributed by atoms with Crippen molar-refractivity contribution in [2.45, 2.75) is 90.4 Å². The van der Waals surface area contributed by atoms with Gasteiger partial charge < -0.3 is 10.1 Å². The fraction of sp³-hybridized carbons (Fsp3) is 1.00. The van der Waals surface area contributed by atoms with Gasteiger partial charge in [0, 0.05) is 37.8 Å². The van der Waals surface area contributed by atoms with Crippen molar-refractivity contribution in [3.8, 4) is 0 Å². The molecule has 2 aliphatic heterocycles. The van der Waals surface area contributed by atoms with E-state index in [1.165, 1.54) is 25.8 Å². The Labute approximate surface area is 131 Å². The molecule has 0 spiro atoms. The summed E-state index contributed by atoms with van der Waals surface area (Å²) in [5, 5.41) is 3.76. The topological polar surface area (TPSA) is 24.5 Å². The third-order valence-electron chi connectivity index (χ3n) is 6.20. The highest BCUT2D eigenvalue weighted by molar-refractivity contribution is 4.95. The number of nitrogens with one attached hydrogen (secondary N) is 1. The average Bonchev–Trinajstić information content (AvgIpc) is 2.54. The SMILES string of the molecule is CCC(C)C1CN(C2CCOC(CC)(CC)C2)C(C)CN1. The normalized spacial score (nSPS) is 35.6. The van der Waals surface area contributed by atoms with Crippen LogP contribution in [0.3, 0.4) is 0 Å². The first-order valence-electron chi connectivity index (χ1n) is 9.18. The Morgan fingerprint density at radius 3 is 2.62 bits per heavy atom. The number of rotatable bonds is 5. The quantitative estimate of drug-likeness (QED) is 0.841. The highest BCUT2D eigenvalue weighted by atomic mass is 16.5. The zero-order valence-corrected chi connectivity index (χ0v) is 14.8. The van der Waals surface area contributed by atoms with Crippen LogP contribution in [0.4, 0.5) is 0 Å². The standard InChI is InChI=1S/C18H36N2O/c1-6-14(4)17-13-20(15(5)12-19-17)16-9-10-21-18(7-2,8-3)11-16/h14-17,19H,6-13H2,1-5H3. The number of hydrogen-bond donors (Lipinski definition) is 1. The predicted molar refractivity (Wildman–Crippen MR) is 89.7 cm³/mol. The van der Waals surface area contributed by atoms with Gasteiger partial charge in [-0.2, -0.15) is 0 Å². The van der Waals surface area contributed by atoms with Gasteiger partial charge in [-0.15, -0.1) is 0 Å². The lowest BCUT2D eigenvalue weighted by atomic mass is 9.84. The van der Waals surface area contributed by atoms with Crippen molar-refractivity contribution in [3.05, 3.63) is 0 Å². The first-order chi connectivity index (χ1) is 10.0. The molecule has 3 nitrogen and oxygen atoms in total. The Morgan fingerprint density at radius 1 is 1.29 bits per heavy atom. The lowest BCUT2D eigenvalue weighted by Gasteiger charge is -2.49. The van der Waals surface area contributed by atoms with Gasteiger partial charge in [0.05, 0.1) is 5.60 Å². The molecule has 4 atom stereocenters. The van der Waals surface area contributed by atoms with E-state index in [1.54, 1.807) is 0 Å². The van der Waals surface area contributed by atoms with Crippen LogP contribution in [0.5, 0.6) is 0 Å². The molecule has 21 heavy (non-hydrogen) atoms. The van der Waals surface area contributed by atoms with Crippen molar-refractivity contribution in [1.82, 2.24) is 10.2 Å². The Bertz CT molecular complexity index is 316. The van der Waals surface area contributed by atoms with E-state index in [0.717, 1.165) is 31.9 Å². The van der Waals surface area contributed by atoms with Gasteiger partial charge in [-0.3, -0.25) is 4.90 Å². The van der Waals surface area contributed by atoms with Crippen LogP contribution in [-0.4, -0.2) is 48.3 Å². The second-order valence-corrected chi connectivity index (χ2v) is 7.33. The highest BCUT2D eigenvalue weighted by Gasteiger charge is 2.40. The summed E-state index contributed by atoms with van der Waals surface area (Å²) in [5.74, 6) is 0.766. The number of piperazine rings is 1. The molecule has 2 saturated heterocycles. The minimum absolute atomic E-state index is 0.138. The largest absolute Gasteiger partial charge is 0.375 e. The van der Waals surface area contributed by atoms with Crippen LogP contribution in [0.1, 0.15) is 66.7 Å². The maximum Gasteiger partial charge on any atom is 0.0692 e. The molecule has 0 saturated carbocycles. The first-order valence-corrected chi connectivity index (χ1v) is 9.18. The Balaban J connectivity index is 2.04. The van der Waals surface area contributed by atoms with Crippen molar-refractivity contribution in [2.75, 3.05) is 19.7 Å². The van der Waals surface area contributed by atoms with Gasteiger partial charge >= 0.3 is 0 Å². The molecule has 124 valence electrons. The summed E-state index contributed by atoms with van der Waals surface area (Å²) in [6.07, 6.45) is 5.99. The molecule has 1 N–H and O–H groups in total. The van der Waals surface area contributed by atoms with E-state index >= 15 is 0 Å². The zero-order chi connectivity index (χ0) is 15.5.